The summed E-state index contributed by atoms with van der Waals surface area (Å²) < 4.78 is 10.2. The van der Waals surface area contributed by atoms with Crippen LogP contribution < -0.4 is 20.3 Å². The van der Waals surface area contributed by atoms with Gasteiger partial charge in [-0.25, -0.2) is 0 Å². The van der Waals surface area contributed by atoms with Crippen molar-refractivity contribution >= 4 is 11.6 Å². The van der Waals surface area contributed by atoms with Gasteiger partial charge in [-0.15, -0.1) is 0 Å². The van der Waals surface area contributed by atoms with E-state index >= 15 is 0 Å². The summed E-state index contributed by atoms with van der Waals surface area (Å²) in [5.41, 5.74) is 0.633. The van der Waals surface area contributed by atoms with Crippen LogP contribution in [0.4, 0.5) is 5.69 Å². The highest BCUT2D eigenvalue weighted by atomic mass is 16.5. The van der Waals surface area contributed by atoms with Crippen LogP contribution in [0.15, 0.2) is 41.3 Å². The topological polar surface area (TPSA) is 80.4 Å². The zero-order valence-corrected chi connectivity index (χ0v) is 11.1. The molecule has 2 N–H and O–H groups in total. The summed E-state index contributed by atoms with van der Waals surface area (Å²) in [6.07, 6.45) is 1.36. The molecule has 0 saturated carbocycles. The molecule has 1 aromatic carbocycles. The van der Waals surface area contributed by atoms with Crippen molar-refractivity contribution in [3.63, 3.8) is 0 Å². The Balaban J connectivity index is 2.22. The number of H-pyrrole nitrogens is 1. The number of carbonyl (C=O) groups is 1. The first-order chi connectivity index (χ1) is 9.62. The van der Waals surface area contributed by atoms with Crippen LogP contribution in [-0.4, -0.2) is 25.1 Å². The summed E-state index contributed by atoms with van der Waals surface area (Å²) >= 11 is 0. The summed E-state index contributed by atoms with van der Waals surface area (Å²) in [7, 11) is 3.06. The molecule has 2 aromatic rings. The Morgan fingerprint density at radius 3 is 2.25 bits per heavy atom. The van der Waals surface area contributed by atoms with E-state index in [-0.39, 0.29) is 11.5 Å². The van der Waals surface area contributed by atoms with Crippen molar-refractivity contribution in [2.75, 3.05) is 19.5 Å². The number of aromatic nitrogens is 1. The Hall–Kier alpha value is -2.76. The summed E-state index contributed by atoms with van der Waals surface area (Å²) in [4.78, 5) is 25.4. The van der Waals surface area contributed by atoms with E-state index in [1.54, 1.807) is 18.2 Å². The second-order valence-corrected chi connectivity index (χ2v) is 4.00. The highest BCUT2D eigenvalue weighted by molar-refractivity contribution is 6.04. The van der Waals surface area contributed by atoms with Crippen LogP contribution in [-0.2, 0) is 0 Å². The van der Waals surface area contributed by atoms with Crippen LogP contribution in [0.2, 0.25) is 0 Å². The zero-order chi connectivity index (χ0) is 14.5. The molecule has 0 spiro atoms. The zero-order valence-electron chi connectivity index (χ0n) is 11.1. The highest BCUT2D eigenvalue weighted by Crippen LogP contribution is 2.25. The van der Waals surface area contributed by atoms with Crippen molar-refractivity contribution in [1.29, 1.82) is 0 Å². The quantitative estimate of drug-likeness (QED) is 0.888. The third-order valence-corrected chi connectivity index (χ3v) is 2.66. The molecule has 2 rings (SSSR count). The van der Waals surface area contributed by atoms with E-state index in [0.29, 0.717) is 22.7 Å². The van der Waals surface area contributed by atoms with Gasteiger partial charge in [0.05, 0.1) is 19.8 Å². The second-order valence-electron chi connectivity index (χ2n) is 4.00. The number of methoxy groups -OCH3 is 2. The van der Waals surface area contributed by atoms with Crippen molar-refractivity contribution < 1.29 is 14.3 Å². The standard InChI is InChI=1S/C14H14N2O4/c1-19-11-5-10(6-12(7-11)20-2)16-14(18)9-3-4-13(17)15-8-9/h3-8H,1-2H3,(H,15,17)(H,16,18). The molecule has 1 amide bonds. The Labute approximate surface area is 115 Å². The summed E-state index contributed by atoms with van der Waals surface area (Å²) in [5.74, 6) is 0.804. The van der Waals surface area contributed by atoms with Gasteiger partial charge in [0.15, 0.2) is 0 Å². The number of rotatable bonds is 4. The molecule has 0 bridgehead atoms. The van der Waals surface area contributed by atoms with Crippen molar-refractivity contribution in [2.24, 2.45) is 0 Å². The molecule has 0 aliphatic heterocycles. The van der Waals surface area contributed by atoms with Gasteiger partial charge in [0.2, 0.25) is 5.56 Å². The van der Waals surface area contributed by atoms with Crippen LogP contribution in [0, 0.1) is 0 Å². The Morgan fingerprint density at radius 1 is 1.10 bits per heavy atom. The fourth-order valence-corrected chi connectivity index (χ4v) is 1.63. The maximum Gasteiger partial charge on any atom is 0.257 e. The molecule has 104 valence electrons. The van der Waals surface area contributed by atoms with Crippen LogP contribution in [0.5, 0.6) is 11.5 Å². The number of carbonyl (C=O) groups excluding carboxylic acids is 1. The van der Waals surface area contributed by atoms with Crippen LogP contribution >= 0.6 is 0 Å². The number of hydrogen-bond donors (Lipinski definition) is 2. The number of hydrogen-bond acceptors (Lipinski definition) is 4. The number of benzene rings is 1. The van der Waals surface area contributed by atoms with E-state index in [1.807, 2.05) is 0 Å². The molecule has 0 fully saturated rings. The third kappa shape index (κ3) is 3.17. The van der Waals surface area contributed by atoms with Gasteiger partial charge in [0.1, 0.15) is 11.5 Å². The second kappa shape index (κ2) is 5.92. The highest BCUT2D eigenvalue weighted by Gasteiger charge is 2.08. The lowest BCUT2D eigenvalue weighted by Crippen LogP contribution is -2.14. The van der Waals surface area contributed by atoms with Crippen LogP contribution in [0.3, 0.4) is 0 Å². The fraction of sp³-hybridized carbons (Fsp3) is 0.143. The molecule has 1 heterocycles. The summed E-state index contributed by atoms with van der Waals surface area (Å²) in [5, 5.41) is 2.71. The van der Waals surface area contributed by atoms with E-state index in [0.717, 1.165) is 0 Å². The first kappa shape index (κ1) is 13.7. The molecule has 6 heteroatoms. The normalized spacial score (nSPS) is 9.90. The molecule has 20 heavy (non-hydrogen) atoms. The van der Waals surface area contributed by atoms with Crippen LogP contribution in [0.25, 0.3) is 0 Å². The minimum atomic E-state index is -0.337. The van der Waals surface area contributed by atoms with Gasteiger partial charge in [-0.1, -0.05) is 0 Å². The van der Waals surface area contributed by atoms with E-state index in [2.05, 4.69) is 10.3 Å². The molecule has 1 aromatic heterocycles. The predicted molar refractivity (Wildman–Crippen MR) is 74.6 cm³/mol. The lowest BCUT2D eigenvalue weighted by Gasteiger charge is -2.09. The summed E-state index contributed by atoms with van der Waals surface area (Å²) in [6.45, 7) is 0. The number of aromatic amines is 1. The number of ether oxygens (including phenoxy) is 2. The number of anilines is 1. The predicted octanol–water partition coefficient (Wildman–Crippen LogP) is 1.64. The number of pyridine rings is 1. The Bertz CT molecular complexity index is 636. The van der Waals surface area contributed by atoms with Gasteiger partial charge in [-0.2, -0.15) is 0 Å². The molecule has 0 unspecified atom stereocenters. The Kier molecular flexibility index (Phi) is 4.05. The monoisotopic (exact) mass is 274 g/mol. The van der Waals surface area contributed by atoms with Crippen molar-refractivity contribution in [1.82, 2.24) is 4.98 Å². The number of amides is 1. The van der Waals surface area contributed by atoms with Gasteiger partial charge >= 0.3 is 0 Å². The molecule has 0 atom stereocenters. The lowest BCUT2D eigenvalue weighted by atomic mass is 10.2. The van der Waals surface area contributed by atoms with E-state index in [9.17, 15) is 9.59 Å². The number of nitrogens with one attached hydrogen (secondary N) is 2. The van der Waals surface area contributed by atoms with Crippen LogP contribution in [0.1, 0.15) is 10.4 Å². The smallest absolute Gasteiger partial charge is 0.257 e. The molecule has 0 radical (unpaired) electrons. The SMILES string of the molecule is COc1cc(NC(=O)c2ccc(=O)[nH]c2)cc(OC)c1. The van der Waals surface area contributed by atoms with Gasteiger partial charge < -0.3 is 19.8 Å². The summed E-state index contributed by atoms with van der Waals surface area (Å²) in [6, 6.07) is 7.79. The van der Waals surface area contributed by atoms with Crippen molar-refractivity contribution in [2.45, 2.75) is 0 Å². The molecule has 0 aliphatic rings. The first-order valence-electron chi connectivity index (χ1n) is 5.85. The molecule has 0 saturated heterocycles. The first-order valence-corrected chi connectivity index (χ1v) is 5.85. The van der Waals surface area contributed by atoms with Gasteiger partial charge in [0.25, 0.3) is 5.91 Å². The fourth-order valence-electron chi connectivity index (χ4n) is 1.63. The largest absolute Gasteiger partial charge is 0.497 e. The van der Waals surface area contributed by atoms with E-state index in [4.69, 9.17) is 9.47 Å². The molecular weight excluding hydrogens is 260 g/mol. The third-order valence-electron chi connectivity index (χ3n) is 2.66. The van der Waals surface area contributed by atoms with Gasteiger partial charge in [-0.05, 0) is 6.07 Å². The van der Waals surface area contributed by atoms with Gasteiger partial charge in [-0.3, -0.25) is 9.59 Å². The van der Waals surface area contributed by atoms with Gasteiger partial charge in [0, 0.05) is 36.1 Å². The molecule has 6 nitrogen and oxygen atoms in total. The minimum Gasteiger partial charge on any atom is -0.497 e. The maximum absolute atomic E-state index is 12.0. The van der Waals surface area contributed by atoms with Crippen molar-refractivity contribution in [3.05, 3.63) is 52.4 Å². The minimum absolute atomic E-state index is 0.260. The Morgan fingerprint density at radius 2 is 1.75 bits per heavy atom. The molecular formula is C14H14N2O4. The van der Waals surface area contributed by atoms with E-state index < -0.39 is 0 Å². The molecule has 0 aliphatic carbocycles. The maximum atomic E-state index is 12.0. The average molecular weight is 274 g/mol. The van der Waals surface area contributed by atoms with E-state index in [1.165, 1.54) is 32.5 Å². The lowest BCUT2D eigenvalue weighted by molar-refractivity contribution is 0.102. The average Bonchev–Trinajstić information content (AvgIpc) is 2.47. The van der Waals surface area contributed by atoms with Crippen molar-refractivity contribution in [3.8, 4) is 11.5 Å².